The first-order valence-corrected chi connectivity index (χ1v) is 6.67. The van der Waals surface area contributed by atoms with E-state index in [1.165, 1.54) is 18.4 Å². The molecule has 1 aromatic carbocycles. The van der Waals surface area contributed by atoms with Crippen molar-refractivity contribution in [3.05, 3.63) is 60.1 Å². The van der Waals surface area contributed by atoms with Crippen molar-refractivity contribution in [1.29, 1.82) is 0 Å². The highest BCUT2D eigenvalue weighted by Gasteiger charge is 2.29. The molecule has 3 rings (SSSR count). The summed E-state index contributed by atoms with van der Waals surface area (Å²) in [5.41, 5.74) is 1.27. The van der Waals surface area contributed by atoms with E-state index in [1.54, 1.807) is 6.26 Å². The van der Waals surface area contributed by atoms with Crippen LogP contribution in [-0.2, 0) is 0 Å². The Labute approximate surface area is 108 Å². The molecule has 1 aliphatic rings. The third-order valence-corrected chi connectivity index (χ3v) is 3.74. The molecule has 0 saturated heterocycles. The molecule has 94 valence electrons. The van der Waals surface area contributed by atoms with Crippen LogP contribution in [0.2, 0.25) is 0 Å². The topological polar surface area (TPSA) is 25.2 Å². The van der Waals surface area contributed by atoms with Crippen molar-refractivity contribution in [1.82, 2.24) is 5.32 Å². The van der Waals surface area contributed by atoms with Gasteiger partial charge in [0, 0.05) is 6.04 Å². The van der Waals surface area contributed by atoms with Gasteiger partial charge < -0.3 is 9.73 Å². The van der Waals surface area contributed by atoms with Gasteiger partial charge in [0.05, 0.1) is 12.3 Å². The molecule has 1 atom stereocenters. The van der Waals surface area contributed by atoms with Gasteiger partial charge in [0.1, 0.15) is 5.76 Å². The maximum atomic E-state index is 5.58. The normalized spacial score (nSPS) is 24.5. The Morgan fingerprint density at radius 2 is 1.89 bits per heavy atom. The monoisotopic (exact) mass is 241 g/mol. The lowest BCUT2D eigenvalue weighted by Gasteiger charge is -2.36. The average molecular weight is 241 g/mol. The molecular weight excluding hydrogens is 222 g/mol. The van der Waals surface area contributed by atoms with Crippen molar-refractivity contribution >= 4 is 0 Å². The standard InChI is InChI=1S/C16H19NO/c1-12-10-14(11-12)17-16(15-8-5-9-18-15)13-6-3-2-4-7-13/h2-9,12,14,16-17H,10-11H2,1H3. The summed E-state index contributed by atoms with van der Waals surface area (Å²) in [5, 5.41) is 3.71. The highest BCUT2D eigenvalue weighted by molar-refractivity contribution is 5.26. The average Bonchev–Trinajstić information content (AvgIpc) is 2.88. The third-order valence-electron chi connectivity index (χ3n) is 3.74. The van der Waals surface area contributed by atoms with Crippen molar-refractivity contribution < 1.29 is 4.42 Å². The zero-order valence-corrected chi connectivity index (χ0v) is 10.7. The Kier molecular flexibility index (Phi) is 3.20. The lowest BCUT2D eigenvalue weighted by atomic mass is 9.81. The van der Waals surface area contributed by atoms with E-state index in [0.717, 1.165) is 11.7 Å². The largest absolute Gasteiger partial charge is 0.467 e. The van der Waals surface area contributed by atoms with Crippen LogP contribution < -0.4 is 5.32 Å². The molecule has 1 N–H and O–H groups in total. The first kappa shape index (κ1) is 11.5. The second-order valence-corrected chi connectivity index (χ2v) is 5.30. The maximum absolute atomic E-state index is 5.58. The van der Waals surface area contributed by atoms with Crippen molar-refractivity contribution in [3.8, 4) is 0 Å². The number of hydrogen-bond acceptors (Lipinski definition) is 2. The zero-order valence-electron chi connectivity index (χ0n) is 10.7. The van der Waals surface area contributed by atoms with Crippen LogP contribution >= 0.6 is 0 Å². The SMILES string of the molecule is CC1CC(NC(c2ccccc2)c2ccco2)C1. The van der Waals surface area contributed by atoms with Crippen molar-refractivity contribution in [2.75, 3.05) is 0 Å². The summed E-state index contributed by atoms with van der Waals surface area (Å²) in [6, 6.07) is 15.3. The van der Waals surface area contributed by atoms with Gasteiger partial charge in [-0.25, -0.2) is 0 Å². The molecule has 0 radical (unpaired) electrons. The smallest absolute Gasteiger partial charge is 0.125 e. The Morgan fingerprint density at radius 1 is 1.11 bits per heavy atom. The van der Waals surface area contributed by atoms with Crippen LogP contribution in [0.1, 0.15) is 37.1 Å². The molecule has 18 heavy (non-hydrogen) atoms. The Hall–Kier alpha value is -1.54. The molecule has 0 spiro atoms. The third kappa shape index (κ3) is 2.34. The summed E-state index contributed by atoms with van der Waals surface area (Å²) in [5.74, 6) is 1.86. The van der Waals surface area contributed by atoms with Gasteiger partial charge in [-0.3, -0.25) is 0 Å². The van der Waals surface area contributed by atoms with Gasteiger partial charge in [-0.2, -0.15) is 0 Å². The first-order valence-electron chi connectivity index (χ1n) is 6.67. The van der Waals surface area contributed by atoms with Gasteiger partial charge in [0.25, 0.3) is 0 Å². The van der Waals surface area contributed by atoms with Gasteiger partial charge in [-0.15, -0.1) is 0 Å². The number of hydrogen-bond donors (Lipinski definition) is 1. The molecule has 0 bridgehead atoms. The summed E-state index contributed by atoms with van der Waals surface area (Å²) in [6.07, 6.45) is 4.28. The van der Waals surface area contributed by atoms with Crippen molar-refractivity contribution in [3.63, 3.8) is 0 Å². The molecule has 1 aromatic heterocycles. The van der Waals surface area contributed by atoms with Crippen LogP contribution in [0.4, 0.5) is 0 Å². The molecule has 2 aromatic rings. The van der Waals surface area contributed by atoms with Crippen molar-refractivity contribution in [2.24, 2.45) is 5.92 Å². The molecular formula is C16H19NO. The molecule has 0 amide bonds. The summed E-state index contributed by atoms with van der Waals surface area (Å²) in [4.78, 5) is 0. The predicted octanol–water partition coefficient (Wildman–Crippen LogP) is 3.76. The Morgan fingerprint density at radius 3 is 2.50 bits per heavy atom. The van der Waals surface area contributed by atoms with E-state index in [2.05, 4.69) is 36.5 Å². The summed E-state index contributed by atoms with van der Waals surface area (Å²) < 4.78 is 5.58. The number of rotatable bonds is 4. The second kappa shape index (κ2) is 4.99. The summed E-state index contributed by atoms with van der Waals surface area (Å²) in [7, 11) is 0. The molecule has 2 nitrogen and oxygen atoms in total. The first-order chi connectivity index (χ1) is 8.83. The van der Waals surface area contributed by atoms with Gasteiger partial charge in [0.15, 0.2) is 0 Å². The van der Waals surface area contributed by atoms with Gasteiger partial charge in [0.2, 0.25) is 0 Å². The second-order valence-electron chi connectivity index (χ2n) is 5.30. The lowest BCUT2D eigenvalue weighted by molar-refractivity contribution is 0.223. The highest BCUT2D eigenvalue weighted by Crippen LogP contribution is 2.31. The predicted molar refractivity (Wildman–Crippen MR) is 72.3 cm³/mol. The van der Waals surface area contributed by atoms with Crippen LogP contribution in [0.15, 0.2) is 53.1 Å². The van der Waals surface area contributed by atoms with E-state index < -0.39 is 0 Å². The van der Waals surface area contributed by atoms with E-state index in [0.29, 0.717) is 6.04 Å². The molecule has 1 fully saturated rings. The van der Waals surface area contributed by atoms with Crippen LogP contribution in [0.25, 0.3) is 0 Å². The molecule has 1 aliphatic carbocycles. The van der Waals surface area contributed by atoms with E-state index in [1.807, 2.05) is 18.2 Å². The fourth-order valence-corrected chi connectivity index (χ4v) is 2.72. The molecule has 1 unspecified atom stereocenters. The van der Waals surface area contributed by atoms with Crippen LogP contribution in [0, 0.1) is 5.92 Å². The van der Waals surface area contributed by atoms with Crippen LogP contribution in [0.5, 0.6) is 0 Å². The van der Waals surface area contributed by atoms with E-state index >= 15 is 0 Å². The van der Waals surface area contributed by atoms with Crippen LogP contribution in [-0.4, -0.2) is 6.04 Å². The quantitative estimate of drug-likeness (QED) is 0.881. The lowest BCUT2D eigenvalue weighted by Crippen LogP contribution is -2.42. The van der Waals surface area contributed by atoms with Crippen molar-refractivity contribution in [2.45, 2.75) is 31.8 Å². The number of nitrogens with one attached hydrogen (secondary N) is 1. The minimum atomic E-state index is 0.179. The summed E-state index contributed by atoms with van der Waals surface area (Å²) >= 11 is 0. The minimum absolute atomic E-state index is 0.179. The fourth-order valence-electron chi connectivity index (χ4n) is 2.72. The molecule has 1 saturated carbocycles. The number of benzene rings is 1. The van der Waals surface area contributed by atoms with Crippen LogP contribution in [0.3, 0.4) is 0 Å². The highest BCUT2D eigenvalue weighted by atomic mass is 16.3. The van der Waals surface area contributed by atoms with Gasteiger partial charge in [-0.1, -0.05) is 37.3 Å². The Balaban J connectivity index is 1.80. The van der Waals surface area contributed by atoms with E-state index in [9.17, 15) is 0 Å². The minimum Gasteiger partial charge on any atom is -0.467 e. The van der Waals surface area contributed by atoms with Gasteiger partial charge >= 0.3 is 0 Å². The summed E-state index contributed by atoms with van der Waals surface area (Å²) in [6.45, 7) is 2.31. The Bertz CT molecular complexity index is 471. The molecule has 0 aliphatic heterocycles. The molecule has 1 heterocycles. The maximum Gasteiger partial charge on any atom is 0.125 e. The van der Waals surface area contributed by atoms with E-state index in [-0.39, 0.29) is 6.04 Å². The van der Waals surface area contributed by atoms with Gasteiger partial charge in [-0.05, 0) is 36.5 Å². The van der Waals surface area contributed by atoms with E-state index in [4.69, 9.17) is 4.42 Å². The number of furan rings is 1. The fraction of sp³-hybridized carbons (Fsp3) is 0.375. The molecule has 2 heteroatoms. The zero-order chi connectivity index (χ0) is 12.4.